The number of esters is 2. The summed E-state index contributed by atoms with van der Waals surface area (Å²) in [6.07, 6.45) is 27.2. The molecule has 0 bridgehead atoms. The Balaban J connectivity index is 1.88. The van der Waals surface area contributed by atoms with E-state index < -0.39 is 0 Å². The van der Waals surface area contributed by atoms with Crippen molar-refractivity contribution in [3.8, 4) is 11.5 Å². The van der Waals surface area contributed by atoms with Gasteiger partial charge in [0.2, 0.25) is 0 Å². The Morgan fingerprint density at radius 3 is 1.08 bits per heavy atom. The highest BCUT2D eigenvalue weighted by Crippen LogP contribution is 2.41. The fraction of sp³-hybridized carbons (Fsp3) is 0.759. The van der Waals surface area contributed by atoms with Gasteiger partial charge < -0.3 is 19.7 Å². The lowest BCUT2D eigenvalue weighted by atomic mass is 9.78. The van der Waals surface area contributed by atoms with E-state index in [4.69, 9.17) is 9.47 Å². The molecule has 0 aliphatic heterocycles. The van der Waals surface area contributed by atoms with E-state index in [1.807, 2.05) is 12.1 Å². The predicted molar refractivity (Wildman–Crippen MR) is 271 cm³/mol. The second-order valence-electron chi connectivity index (χ2n) is 23.4. The van der Waals surface area contributed by atoms with E-state index >= 15 is 0 Å². The first-order valence-electron chi connectivity index (χ1n) is 26.0. The van der Waals surface area contributed by atoms with Gasteiger partial charge >= 0.3 is 11.9 Å². The average molecular weight is 891 g/mol. The molecule has 0 heterocycles. The first kappa shape index (κ1) is 57.1. The highest BCUT2D eigenvalue weighted by Gasteiger charge is 2.28. The van der Waals surface area contributed by atoms with Crippen molar-refractivity contribution in [3.05, 3.63) is 57.6 Å². The Hall–Kier alpha value is -3.02. The number of aryl methyl sites for hydroxylation is 2. The van der Waals surface area contributed by atoms with Crippen molar-refractivity contribution in [3.63, 3.8) is 0 Å². The van der Waals surface area contributed by atoms with Crippen molar-refractivity contribution in [1.82, 2.24) is 0 Å². The minimum Gasteiger partial charge on any atom is -0.507 e. The molecular weight excluding hydrogens is 793 g/mol. The Labute approximate surface area is 393 Å². The Kier molecular flexibility index (Phi) is 25.2. The zero-order valence-corrected chi connectivity index (χ0v) is 43.8. The quantitative estimate of drug-likeness (QED) is 0.0599. The molecule has 0 amide bonds. The average Bonchev–Trinajstić information content (AvgIpc) is 3.19. The molecule has 0 fully saturated rings. The molecule has 0 radical (unpaired) electrons. The highest BCUT2D eigenvalue weighted by molar-refractivity contribution is 5.70. The van der Waals surface area contributed by atoms with Gasteiger partial charge in [0, 0.05) is 12.8 Å². The third kappa shape index (κ3) is 22.4. The SMILES string of the molecule is CCCCCCCCCCCCCCCCCCC(CCCCCOC(=O)CCc1cc(C(C)(C)C)c(O)c(C(C)(C)C)c1)OC(=O)CCc1cc(C(C)(C)C)c(O)c(C(C)(C)C)c1. The Morgan fingerprint density at radius 1 is 0.453 bits per heavy atom. The first-order chi connectivity index (χ1) is 29.9. The molecule has 0 aliphatic carbocycles. The van der Waals surface area contributed by atoms with Gasteiger partial charge in [-0.2, -0.15) is 0 Å². The predicted octanol–water partition coefficient (Wildman–Crippen LogP) is 16.5. The van der Waals surface area contributed by atoms with Crippen LogP contribution in [0.15, 0.2) is 24.3 Å². The van der Waals surface area contributed by atoms with Crippen LogP contribution in [-0.2, 0) is 53.6 Å². The van der Waals surface area contributed by atoms with Crippen LogP contribution < -0.4 is 0 Å². The van der Waals surface area contributed by atoms with Gasteiger partial charge in [-0.1, -0.05) is 211 Å². The van der Waals surface area contributed by atoms with E-state index in [-0.39, 0.29) is 39.7 Å². The molecule has 2 rings (SSSR count). The van der Waals surface area contributed by atoms with Gasteiger partial charge in [0.25, 0.3) is 0 Å². The number of hydrogen-bond acceptors (Lipinski definition) is 6. The third-order valence-electron chi connectivity index (χ3n) is 12.9. The van der Waals surface area contributed by atoms with Gasteiger partial charge in [-0.05, 0) is 106 Å². The number of carbonyl (C=O) groups is 2. The van der Waals surface area contributed by atoms with Crippen molar-refractivity contribution in [2.24, 2.45) is 0 Å². The minimum absolute atomic E-state index is 0.113. The fourth-order valence-electron chi connectivity index (χ4n) is 8.79. The van der Waals surface area contributed by atoms with Gasteiger partial charge in [0.15, 0.2) is 0 Å². The van der Waals surface area contributed by atoms with Gasteiger partial charge in [-0.25, -0.2) is 0 Å². The fourth-order valence-corrected chi connectivity index (χ4v) is 8.79. The molecule has 0 aliphatic rings. The van der Waals surface area contributed by atoms with Crippen LogP contribution in [0, 0.1) is 0 Å². The largest absolute Gasteiger partial charge is 0.507 e. The van der Waals surface area contributed by atoms with Crippen LogP contribution in [-0.4, -0.2) is 34.9 Å². The van der Waals surface area contributed by atoms with Gasteiger partial charge in [0.05, 0.1) is 6.61 Å². The second kappa shape index (κ2) is 28.2. The van der Waals surface area contributed by atoms with Crippen LogP contribution in [0.4, 0.5) is 0 Å². The minimum atomic E-state index is -0.224. The van der Waals surface area contributed by atoms with Crippen molar-refractivity contribution < 1.29 is 29.3 Å². The Bertz CT molecular complexity index is 1570. The number of benzene rings is 2. The summed E-state index contributed by atoms with van der Waals surface area (Å²) in [5.41, 5.74) is 4.86. The summed E-state index contributed by atoms with van der Waals surface area (Å²) in [5, 5.41) is 22.3. The lowest BCUT2D eigenvalue weighted by molar-refractivity contribution is -0.150. The number of hydrogen-bond donors (Lipinski definition) is 2. The maximum Gasteiger partial charge on any atom is 0.306 e. The molecule has 0 saturated heterocycles. The molecule has 0 spiro atoms. The van der Waals surface area contributed by atoms with Crippen molar-refractivity contribution >= 4 is 11.9 Å². The summed E-state index contributed by atoms with van der Waals surface area (Å²) in [4.78, 5) is 26.2. The highest BCUT2D eigenvalue weighted by atomic mass is 16.5. The second-order valence-corrected chi connectivity index (χ2v) is 23.4. The molecule has 6 nitrogen and oxygen atoms in total. The van der Waals surface area contributed by atoms with Crippen molar-refractivity contribution in [2.75, 3.05) is 6.61 Å². The summed E-state index contributed by atoms with van der Waals surface area (Å²) in [6, 6.07) is 8.22. The normalized spacial score (nSPS) is 13.0. The number of unbranched alkanes of at least 4 members (excludes halogenated alkanes) is 17. The van der Waals surface area contributed by atoms with Crippen molar-refractivity contribution in [1.29, 1.82) is 0 Å². The van der Waals surface area contributed by atoms with Crippen LogP contribution in [0.1, 0.15) is 271 Å². The van der Waals surface area contributed by atoms with E-state index in [2.05, 4.69) is 102 Å². The molecule has 2 aromatic rings. The number of carbonyl (C=O) groups excluding carboxylic acids is 2. The van der Waals surface area contributed by atoms with E-state index in [1.54, 1.807) is 0 Å². The van der Waals surface area contributed by atoms with Crippen LogP contribution in [0.25, 0.3) is 0 Å². The number of rotatable bonds is 30. The summed E-state index contributed by atoms with van der Waals surface area (Å²) in [7, 11) is 0. The standard InChI is InChI=1S/C58H98O6/c1-14-15-16-17-18-19-20-21-22-23-24-25-26-27-28-30-33-46(64-52(60)38-36-45-42-49(57(8,9)10)54(62)50(43-45)58(11,12)13)34-31-29-32-39-63-51(59)37-35-44-40-47(55(2,3)4)53(61)48(41-44)56(5,6)7/h40-43,46,61-62H,14-39H2,1-13H3. The maximum atomic E-state index is 13.4. The van der Waals surface area contributed by atoms with Gasteiger partial charge in [-0.15, -0.1) is 0 Å². The molecule has 1 atom stereocenters. The smallest absolute Gasteiger partial charge is 0.306 e. The molecule has 1 unspecified atom stereocenters. The molecule has 6 heteroatoms. The summed E-state index contributed by atoms with van der Waals surface area (Å²) < 4.78 is 11.9. The molecule has 0 saturated carbocycles. The number of ether oxygens (including phenoxy) is 2. The molecule has 2 aromatic carbocycles. The molecular formula is C58H98O6. The zero-order valence-electron chi connectivity index (χ0n) is 43.8. The van der Waals surface area contributed by atoms with E-state index in [9.17, 15) is 19.8 Å². The van der Waals surface area contributed by atoms with Crippen molar-refractivity contribution in [2.45, 2.75) is 278 Å². The first-order valence-corrected chi connectivity index (χ1v) is 26.0. The van der Waals surface area contributed by atoms with Gasteiger partial charge in [0.1, 0.15) is 17.6 Å². The van der Waals surface area contributed by atoms with E-state index in [1.165, 1.54) is 96.3 Å². The lowest BCUT2D eigenvalue weighted by Gasteiger charge is -2.28. The van der Waals surface area contributed by atoms with Crippen LogP contribution in [0.5, 0.6) is 11.5 Å². The number of phenols is 2. The van der Waals surface area contributed by atoms with E-state index in [0.717, 1.165) is 71.9 Å². The Morgan fingerprint density at radius 2 is 0.750 bits per heavy atom. The lowest BCUT2D eigenvalue weighted by Crippen LogP contribution is -2.20. The summed E-state index contributed by atoms with van der Waals surface area (Å²) >= 11 is 0. The topological polar surface area (TPSA) is 93.1 Å². The van der Waals surface area contributed by atoms with E-state index in [0.29, 0.717) is 43.8 Å². The monoisotopic (exact) mass is 891 g/mol. The summed E-state index contributed by atoms with van der Waals surface area (Å²) in [6.45, 7) is 28.0. The zero-order chi connectivity index (χ0) is 48.0. The third-order valence-corrected chi connectivity index (χ3v) is 12.9. The van der Waals surface area contributed by atoms with Crippen LogP contribution in [0.3, 0.4) is 0 Å². The number of aromatic hydroxyl groups is 2. The number of phenolic OH excluding ortho intramolecular Hbond substituents is 2. The van der Waals surface area contributed by atoms with Crippen LogP contribution >= 0.6 is 0 Å². The molecule has 2 N–H and O–H groups in total. The molecule has 366 valence electrons. The maximum absolute atomic E-state index is 13.4. The summed E-state index contributed by atoms with van der Waals surface area (Å²) in [5.74, 6) is 0.358. The molecule has 0 aromatic heterocycles. The molecule has 64 heavy (non-hydrogen) atoms. The van der Waals surface area contributed by atoms with Gasteiger partial charge in [-0.3, -0.25) is 9.59 Å². The van der Waals surface area contributed by atoms with Crippen LogP contribution in [0.2, 0.25) is 0 Å².